The van der Waals surface area contributed by atoms with Crippen molar-refractivity contribution in [2.24, 2.45) is 5.92 Å². The van der Waals surface area contributed by atoms with Crippen LogP contribution in [0, 0.1) is 5.92 Å². The molecule has 2 nitrogen and oxygen atoms in total. The summed E-state index contributed by atoms with van der Waals surface area (Å²) < 4.78 is 5.64. The smallest absolute Gasteiger partial charge is 0.302 e. The monoisotopic (exact) mass is 258 g/mol. The minimum absolute atomic E-state index is 0.0673. The summed E-state index contributed by atoms with van der Waals surface area (Å²) in [6.07, 6.45) is 5.90. The summed E-state index contributed by atoms with van der Waals surface area (Å²) in [6.45, 7) is 3.89. The van der Waals surface area contributed by atoms with Crippen LogP contribution in [0.4, 0.5) is 0 Å². The molecule has 2 aliphatic carbocycles. The van der Waals surface area contributed by atoms with Crippen LogP contribution in [0.5, 0.6) is 0 Å². The third-order valence-corrected chi connectivity index (χ3v) is 5.10. The molecule has 2 heteroatoms. The Morgan fingerprint density at radius 2 is 2.11 bits per heavy atom. The lowest BCUT2D eigenvalue weighted by molar-refractivity contribution is -0.152. The van der Waals surface area contributed by atoms with E-state index in [2.05, 4.69) is 31.2 Å². The summed E-state index contributed by atoms with van der Waals surface area (Å²) in [5.41, 5.74) is 3.05. The molecule has 0 saturated heterocycles. The molecule has 1 saturated carbocycles. The minimum atomic E-state index is -0.141. The van der Waals surface area contributed by atoms with Crippen molar-refractivity contribution in [1.82, 2.24) is 0 Å². The normalized spacial score (nSPS) is 33.2. The number of ether oxygens (including phenoxy) is 1. The highest BCUT2D eigenvalue weighted by Gasteiger charge is 2.47. The Balaban J connectivity index is 2.03. The van der Waals surface area contributed by atoms with E-state index in [0.29, 0.717) is 5.92 Å². The molecule has 0 bridgehead atoms. The number of carbonyl (C=O) groups excluding carboxylic acids is 1. The lowest BCUT2D eigenvalue weighted by Crippen LogP contribution is -2.48. The van der Waals surface area contributed by atoms with E-state index in [9.17, 15) is 4.79 Å². The van der Waals surface area contributed by atoms with Gasteiger partial charge in [0.2, 0.25) is 0 Å². The molecule has 102 valence electrons. The third kappa shape index (κ3) is 2.07. The number of rotatable bonds is 1. The van der Waals surface area contributed by atoms with E-state index in [-0.39, 0.29) is 17.5 Å². The second-order valence-corrected chi connectivity index (χ2v) is 6.28. The van der Waals surface area contributed by atoms with Gasteiger partial charge in [-0.05, 0) is 29.4 Å². The van der Waals surface area contributed by atoms with Gasteiger partial charge in [-0.1, -0.05) is 44.0 Å². The Hall–Kier alpha value is -1.31. The summed E-state index contributed by atoms with van der Waals surface area (Å²) in [7, 11) is 0. The first-order valence-electron chi connectivity index (χ1n) is 7.37. The van der Waals surface area contributed by atoms with Crippen LogP contribution in [-0.4, -0.2) is 12.1 Å². The molecule has 0 amide bonds. The summed E-state index contributed by atoms with van der Waals surface area (Å²) in [4.78, 5) is 11.4. The maximum Gasteiger partial charge on any atom is 0.302 e. The van der Waals surface area contributed by atoms with Gasteiger partial charge in [-0.2, -0.15) is 0 Å². The third-order valence-electron chi connectivity index (χ3n) is 5.10. The van der Waals surface area contributed by atoms with E-state index in [1.807, 2.05) is 0 Å². The highest BCUT2D eigenvalue weighted by Crippen LogP contribution is 2.50. The Bertz CT molecular complexity index is 494. The molecule has 3 rings (SSSR count). The van der Waals surface area contributed by atoms with Crippen molar-refractivity contribution in [1.29, 1.82) is 0 Å². The SMILES string of the molecule is CC(=O)O[C@@H]1Cc2ccccc2[C@@]2(C)CCCC[C@H]12. The number of benzene rings is 1. The first-order chi connectivity index (χ1) is 9.11. The molecule has 1 fully saturated rings. The van der Waals surface area contributed by atoms with Crippen molar-refractivity contribution in [2.75, 3.05) is 0 Å². The van der Waals surface area contributed by atoms with Gasteiger partial charge in [-0.3, -0.25) is 4.79 Å². The predicted octanol–water partition coefficient (Wildman–Crippen LogP) is 3.62. The van der Waals surface area contributed by atoms with Crippen LogP contribution in [-0.2, 0) is 21.4 Å². The second-order valence-electron chi connectivity index (χ2n) is 6.28. The molecule has 0 radical (unpaired) electrons. The lowest BCUT2D eigenvalue weighted by Gasteiger charge is -2.49. The zero-order valence-electron chi connectivity index (χ0n) is 11.8. The summed E-state index contributed by atoms with van der Waals surface area (Å²) in [5.74, 6) is 0.345. The van der Waals surface area contributed by atoms with E-state index in [0.717, 1.165) is 6.42 Å². The highest BCUT2D eigenvalue weighted by atomic mass is 16.5. The van der Waals surface area contributed by atoms with Gasteiger partial charge in [0.25, 0.3) is 0 Å². The van der Waals surface area contributed by atoms with Crippen LogP contribution in [0.1, 0.15) is 50.7 Å². The minimum Gasteiger partial charge on any atom is -0.462 e. The molecule has 0 N–H and O–H groups in total. The molecule has 3 atom stereocenters. The first kappa shape index (κ1) is 12.7. The molecular formula is C17H22O2. The topological polar surface area (TPSA) is 26.3 Å². The molecule has 1 aromatic rings. The average Bonchev–Trinajstić information content (AvgIpc) is 2.38. The molecule has 0 aliphatic heterocycles. The van der Waals surface area contributed by atoms with Gasteiger partial charge in [0.15, 0.2) is 0 Å². The molecule has 0 unspecified atom stereocenters. The summed E-state index contributed by atoms with van der Waals surface area (Å²) >= 11 is 0. The van der Waals surface area contributed by atoms with Crippen molar-refractivity contribution in [3.8, 4) is 0 Å². The molecule has 0 heterocycles. The Kier molecular flexibility index (Phi) is 3.12. The van der Waals surface area contributed by atoms with Gasteiger partial charge >= 0.3 is 5.97 Å². The largest absolute Gasteiger partial charge is 0.462 e. The first-order valence-corrected chi connectivity index (χ1v) is 7.37. The zero-order chi connectivity index (χ0) is 13.5. The van der Waals surface area contributed by atoms with E-state index in [1.54, 1.807) is 0 Å². The fourth-order valence-electron chi connectivity index (χ4n) is 4.24. The molecule has 0 aromatic heterocycles. The molecule has 1 aromatic carbocycles. The quantitative estimate of drug-likeness (QED) is 0.719. The maximum absolute atomic E-state index is 11.4. The van der Waals surface area contributed by atoms with Gasteiger partial charge in [0, 0.05) is 19.3 Å². The van der Waals surface area contributed by atoms with E-state index < -0.39 is 0 Å². The van der Waals surface area contributed by atoms with Crippen molar-refractivity contribution in [2.45, 2.75) is 57.5 Å². The maximum atomic E-state index is 11.4. The second kappa shape index (κ2) is 4.66. The van der Waals surface area contributed by atoms with Gasteiger partial charge in [-0.15, -0.1) is 0 Å². The fourth-order valence-corrected chi connectivity index (χ4v) is 4.24. The van der Waals surface area contributed by atoms with Crippen LogP contribution in [0.25, 0.3) is 0 Å². The van der Waals surface area contributed by atoms with Crippen molar-refractivity contribution in [3.63, 3.8) is 0 Å². The standard InChI is InChI=1S/C17H22O2/c1-12(18)19-16-11-13-7-3-4-8-14(13)17(2)10-6-5-9-15(16)17/h3-4,7-8,15-16H,5-6,9-11H2,1-2H3/t15-,16-,17-/m1/s1. The molecular weight excluding hydrogens is 236 g/mol. The Morgan fingerprint density at radius 1 is 1.32 bits per heavy atom. The van der Waals surface area contributed by atoms with Crippen LogP contribution in [0.15, 0.2) is 24.3 Å². The van der Waals surface area contributed by atoms with Gasteiger partial charge in [-0.25, -0.2) is 0 Å². The van der Waals surface area contributed by atoms with Gasteiger partial charge in [0.1, 0.15) is 6.10 Å². The van der Waals surface area contributed by atoms with Gasteiger partial charge < -0.3 is 4.74 Å². The summed E-state index contributed by atoms with van der Waals surface area (Å²) in [6, 6.07) is 8.71. The van der Waals surface area contributed by atoms with Gasteiger partial charge in [0.05, 0.1) is 0 Å². The van der Waals surface area contributed by atoms with Crippen LogP contribution in [0.2, 0.25) is 0 Å². The lowest BCUT2D eigenvalue weighted by atomic mass is 9.57. The summed E-state index contributed by atoms with van der Waals surface area (Å²) in [5, 5.41) is 0. The molecule has 0 spiro atoms. The van der Waals surface area contributed by atoms with Crippen LogP contribution >= 0.6 is 0 Å². The average molecular weight is 258 g/mol. The van der Waals surface area contributed by atoms with E-state index in [1.165, 1.54) is 43.7 Å². The van der Waals surface area contributed by atoms with E-state index in [4.69, 9.17) is 4.74 Å². The number of fused-ring (bicyclic) bond motifs is 3. The molecule has 2 aliphatic rings. The van der Waals surface area contributed by atoms with Crippen LogP contribution < -0.4 is 0 Å². The van der Waals surface area contributed by atoms with Crippen LogP contribution in [0.3, 0.4) is 0 Å². The van der Waals surface area contributed by atoms with Crippen molar-refractivity contribution < 1.29 is 9.53 Å². The number of hydrogen-bond acceptors (Lipinski definition) is 2. The Labute approximate surface area is 115 Å². The molecule has 19 heavy (non-hydrogen) atoms. The fraction of sp³-hybridized carbons (Fsp3) is 0.588. The zero-order valence-corrected chi connectivity index (χ0v) is 11.8. The number of esters is 1. The van der Waals surface area contributed by atoms with Crippen molar-refractivity contribution >= 4 is 5.97 Å². The van der Waals surface area contributed by atoms with Crippen molar-refractivity contribution in [3.05, 3.63) is 35.4 Å². The van der Waals surface area contributed by atoms with E-state index >= 15 is 0 Å². The predicted molar refractivity (Wildman–Crippen MR) is 75.0 cm³/mol. The highest BCUT2D eigenvalue weighted by molar-refractivity contribution is 5.66. The number of carbonyl (C=O) groups is 1. The Morgan fingerprint density at radius 3 is 2.89 bits per heavy atom. The number of hydrogen-bond donors (Lipinski definition) is 0.